The standard InChI is InChI=1S/C20H13F2N5O2/c1-10(17-3-2-11(7-23)9-25-17)26-19(28)5-13-14(8-24)12-4-15(21)16(22)6-18(12)27-20(13)29/h2-4,6,9-10H,5H2,1H3,(H,26,28)(H,27,29)/t10-/m0/s1. The third-order valence-corrected chi connectivity index (χ3v) is 4.34. The normalized spacial score (nSPS) is 11.5. The van der Waals surface area contributed by atoms with E-state index >= 15 is 0 Å². The van der Waals surface area contributed by atoms with E-state index in [-0.39, 0.29) is 22.0 Å². The van der Waals surface area contributed by atoms with Crippen LogP contribution >= 0.6 is 0 Å². The number of hydrogen-bond acceptors (Lipinski definition) is 5. The molecule has 0 bridgehead atoms. The lowest BCUT2D eigenvalue weighted by molar-refractivity contribution is -0.121. The predicted octanol–water partition coefficient (Wildman–Crippen LogP) is 2.36. The molecule has 0 radical (unpaired) electrons. The summed E-state index contributed by atoms with van der Waals surface area (Å²) in [6, 6.07) is 7.95. The molecule has 1 amide bonds. The molecule has 3 aromatic rings. The minimum Gasteiger partial charge on any atom is -0.348 e. The predicted molar refractivity (Wildman–Crippen MR) is 98.4 cm³/mol. The summed E-state index contributed by atoms with van der Waals surface area (Å²) in [4.78, 5) is 31.2. The Labute approximate surface area is 163 Å². The van der Waals surface area contributed by atoms with E-state index in [2.05, 4.69) is 15.3 Å². The van der Waals surface area contributed by atoms with Gasteiger partial charge in [0.2, 0.25) is 5.91 Å². The highest BCUT2D eigenvalue weighted by atomic mass is 19.2. The van der Waals surface area contributed by atoms with Gasteiger partial charge in [-0.2, -0.15) is 10.5 Å². The molecular weight excluding hydrogens is 380 g/mol. The molecule has 7 nitrogen and oxygen atoms in total. The molecule has 0 saturated heterocycles. The van der Waals surface area contributed by atoms with E-state index in [1.54, 1.807) is 25.1 Å². The Kier molecular flexibility index (Phi) is 5.33. The number of nitrogens with one attached hydrogen (secondary N) is 2. The minimum atomic E-state index is -1.17. The number of aromatic nitrogens is 2. The molecule has 2 N–H and O–H groups in total. The molecule has 2 heterocycles. The van der Waals surface area contributed by atoms with E-state index in [1.165, 1.54) is 6.20 Å². The van der Waals surface area contributed by atoms with E-state index < -0.39 is 35.6 Å². The number of hydrogen-bond donors (Lipinski definition) is 2. The summed E-state index contributed by atoms with van der Waals surface area (Å²) in [5, 5.41) is 20.9. The number of fused-ring (bicyclic) bond motifs is 1. The zero-order chi connectivity index (χ0) is 21.1. The molecular formula is C20H13F2N5O2. The second kappa shape index (κ2) is 7.87. The van der Waals surface area contributed by atoms with Gasteiger partial charge in [0, 0.05) is 23.2 Å². The maximum Gasteiger partial charge on any atom is 0.253 e. The second-order valence-corrected chi connectivity index (χ2v) is 6.28. The van der Waals surface area contributed by atoms with Crippen LogP contribution in [0.3, 0.4) is 0 Å². The molecule has 144 valence electrons. The fourth-order valence-corrected chi connectivity index (χ4v) is 2.88. The monoisotopic (exact) mass is 393 g/mol. The summed E-state index contributed by atoms with van der Waals surface area (Å²) in [6.07, 6.45) is 0.932. The van der Waals surface area contributed by atoms with Gasteiger partial charge in [0.1, 0.15) is 12.1 Å². The summed E-state index contributed by atoms with van der Waals surface area (Å²) in [5.41, 5.74) is -0.241. The molecule has 0 spiro atoms. The summed E-state index contributed by atoms with van der Waals surface area (Å²) < 4.78 is 27.0. The van der Waals surface area contributed by atoms with Crippen molar-refractivity contribution in [2.45, 2.75) is 19.4 Å². The minimum absolute atomic E-state index is 0.00982. The van der Waals surface area contributed by atoms with Gasteiger partial charge in [-0.1, -0.05) is 0 Å². The molecule has 0 unspecified atom stereocenters. The Morgan fingerprint density at radius 1 is 1.24 bits per heavy atom. The number of rotatable bonds is 4. The van der Waals surface area contributed by atoms with Crippen molar-refractivity contribution in [3.8, 4) is 12.1 Å². The van der Waals surface area contributed by atoms with Gasteiger partial charge in [0.05, 0.1) is 34.8 Å². The lowest BCUT2D eigenvalue weighted by Gasteiger charge is -2.14. The summed E-state index contributed by atoms with van der Waals surface area (Å²) in [6.45, 7) is 1.67. The van der Waals surface area contributed by atoms with E-state index in [4.69, 9.17) is 5.26 Å². The Hall–Kier alpha value is -4.11. The number of nitrogens with zero attached hydrogens (tertiary/aromatic N) is 3. The van der Waals surface area contributed by atoms with Crippen molar-refractivity contribution in [2.75, 3.05) is 0 Å². The topological polar surface area (TPSA) is 122 Å². The number of amides is 1. The largest absolute Gasteiger partial charge is 0.348 e. The number of pyridine rings is 2. The molecule has 0 fully saturated rings. The Morgan fingerprint density at radius 3 is 2.59 bits per heavy atom. The number of aromatic amines is 1. The van der Waals surface area contributed by atoms with Crippen LogP contribution in [0.25, 0.3) is 10.9 Å². The highest BCUT2D eigenvalue weighted by Crippen LogP contribution is 2.21. The summed E-state index contributed by atoms with van der Waals surface area (Å²) >= 11 is 0. The van der Waals surface area contributed by atoms with E-state index in [1.807, 2.05) is 6.07 Å². The van der Waals surface area contributed by atoms with Gasteiger partial charge >= 0.3 is 0 Å². The average molecular weight is 393 g/mol. The molecule has 1 aromatic carbocycles. The summed E-state index contributed by atoms with van der Waals surface area (Å²) in [7, 11) is 0. The lowest BCUT2D eigenvalue weighted by atomic mass is 10.0. The first-order valence-electron chi connectivity index (χ1n) is 8.43. The second-order valence-electron chi connectivity index (χ2n) is 6.28. The molecule has 9 heteroatoms. The van der Waals surface area contributed by atoms with Crippen molar-refractivity contribution >= 4 is 16.8 Å². The average Bonchev–Trinajstić information content (AvgIpc) is 2.70. The number of carbonyl (C=O) groups excluding carboxylic acids is 1. The SMILES string of the molecule is C[C@H](NC(=O)Cc1c(C#N)c2cc(F)c(F)cc2[nH]c1=O)c1ccc(C#N)cn1. The van der Waals surface area contributed by atoms with Crippen LogP contribution in [0.5, 0.6) is 0 Å². The number of H-pyrrole nitrogens is 1. The van der Waals surface area contributed by atoms with E-state index in [9.17, 15) is 23.6 Å². The fourth-order valence-electron chi connectivity index (χ4n) is 2.88. The van der Waals surface area contributed by atoms with Crippen LogP contribution in [-0.2, 0) is 11.2 Å². The van der Waals surface area contributed by atoms with Crippen LogP contribution in [0.2, 0.25) is 0 Å². The van der Waals surface area contributed by atoms with Crippen LogP contribution in [0.1, 0.15) is 35.3 Å². The fraction of sp³-hybridized carbons (Fsp3) is 0.150. The van der Waals surface area contributed by atoms with E-state index in [0.29, 0.717) is 11.3 Å². The zero-order valence-corrected chi connectivity index (χ0v) is 15.1. The van der Waals surface area contributed by atoms with Gasteiger partial charge in [-0.25, -0.2) is 8.78 Å². The van der Waals surface area contributed by atoms with Crippen LogP contribution < -0.4 is 10.9 Å². The first-order valence-corrected chi connectivity index (χ1v) is 8.43. The van der Waals surface area contributed by atoms with E-state index in [0.717, 1.165) is 12.1 Å². The molecule has 2 aromatic heterocycles. The van der Waals surface area contributed by atoms with Crippen LogP contribution in [0.15, 0.2) is 35.3 Å². The first-order chi connectivity index (χ1) is 13.8. The first kappa shape index (κ1) is 19.6. The smallest absolute Gasteiger partial charge is 0.253 e. The van der Waals surface area contributed by atoms with Crippen molar-refractivity contribution in [2.24, 2.45) is 0 Å². The molecule has 0 saturated carbocycles. The molecule has 0 aliphatic rings. The third-order valence-electron chi connectivity index (χ3n) is 4.34. The number of carbonyl (C=O) groups is 1. The van der Waals surface area contributed by atoms with Crippen LogP contribution in [0.4, 0.5) is 8.78 Å². The molecule has 0 aliphatic heterocycles. The van der Waals surface area contributed by atoms with Crippen LogP contribution in [0, 0.1) is 34.3 Å². The van der Waals surface area contributed by atoms with Crippen LogP contribution in [-0.4, -0.2) is 15.9 Å². The maximum absolute atomic E-state index is 13.6. The van der Waals surface area contributed by atoms with Gasteiger partial charge < -0.3 is 10.3 Å². The molecule has 29 heavy (non-hydrogen) atoms. The molecule has 1 atom stereocenters. The summed E-state index contributed by atoms with van der Waals surface area (Å²) in [5.74, 6) is -2.89. The van der Waals surface area contributed by atoms with Gasteiger partial charge in [0.25, 0.3) is 5.56 Å². The number of halogens is 2. The Bertz CT molecular complexity index is 1250. The highest BCUT2D eigenvalue weighted by molar-refractivity contribution is 5.88. The third kappa shape index (κ3) is 3.94. The van der Waals surface area contributed by atoms with Crippen molar-refractivity contribution in [3.05, 3.63) is 74.8 Å². The molecule has 0 aliphatic carbocycles. The van der Waals surface area contributed by atoms with Crippen molar-refractivity contribution in [1.29, 1.82) is 10.5 Å². The van der Waals surface area contributed by atoms with Gasteiger partial charge in [-0.15, -0.1) is 0 Å². The Morgan fingerprint density at radius 2 is 1.97 bits per heavy atom. The van der Waals surface area contributed by atoms with Gasteiger partial charge in [0.15, 0.2) is 11.6 Å². The molecule has 3 rings (SSSR count). The van der Waals surface area contributed by atoms with Crippen molar-refractivity contribution < 1.29 is 13.6 Å². The zero-order valence-electron chi connectivity index (χ0n) is 15.1. The van der Waals surface area contributed by atoms with Gasteiger partial charge in [-0.05, 0) is 25.1 Å². The number of benzene rings is 1. The van der Waals surface area contributed by atoms with Gasteiger partial charge in [-0.3, -0.25) is 14.6 Å². The van der Waals surface area contributed by atoms with Crippen molar-refractivity contribution in [1.82, 2.24) is 15.3 Å². The highest BCUT2D eigenvalue weighted by Gasteiger charge is 2.19. The Balaban J connectivity index is 1.89. The van der Waals surface area contributed by atoms with Crippen molar-refractivity contribution in [3.63, 3.8) is 0 Å². The number of nitriles is 2. The lowest BCUT2D eigenvalue weighted by Crippen LogP contribution is -2.31. The maximum atomic E-state index is 13.6. The quantitative estimate of drug-likeness (QED) is 0.705.